The Bertz CT molecular complexity index is 535. The minimum Gasteiger partial charge on any atom is -0.326 e. The van der Waals surface area contributed by atoms with Crippen LogP contribution in [0.1, 0.15) is 40.0 Å². The van der Waals surface area contributed by atoms with Gasteiger partial charge in [-0.25, -0.2) is 13.2 Å². The van der Waals surface area contributed by atoms with Crippen LogP contribution in [-0.2, 0) is 22.3 Å². The van der Waals surface area contributed by atoms with Crippen LogP contribution in [0.15, 0.2) is 23.3 Å². The number of phosphoric acid groups is 1. The average Bonchev–Trinajstić information content (AvgIpc) is 2.23. The van der Waals surface area contributed by atoms with Crippen LogP contribution in [-0.4, -0.2) is 20.8 Å². The molecule has 0 saturated carbocycles. The van der Waals surface area contributed by atoms with E-state index in [9.17, 15) is 18.6 Å². The third kappa shape index (κ3) is 12.5. The van der Waals surface area contributed by atoms with Gasteiger partial charge < -0.3 is 14.7 Å². The first-order chi connectivity index (χ1) is 9.93. The second kappa shape index (κ2) is 9.96. The Morgan fingerprint density at radius 2 is 1.73 bits per heavy atom. The second-order valence-corrected chi connectivity index (χ2v) is 9.50. The molecule has 0 saturated heterocycles. The first-order valence-electron chi connectivity index (χ1n) is 6.51. The molecule has 3 unspecified atom stereocenters. The summed E-state index contributed by atoms with van der Waals surface area (Å²) < 4.78 is 40.9. The monoisotopic (exact) mass is 376 g/mol. The Labute approximate surface area is 131 Å². The van der Waals surface area contributed by atoms with Crippen molar-refractivity contribution in [1.82, 2.24) is 0 Å². The highest BCUT2D eigenvalue weighted by molar-refractivity contribution is 7.66. The summed E-state index contributed by atoms with van der Waals surface area (Å²) in [6.45, 7) is 5.86. The molecule has 0 heterocycles. The molecular weight excluding hydrogens is 353 g/mol. The lowest BCUT2D eigenvalue weighted by Gasteiger charge is -2.14. The van der Waals surface area contributed by atoms with E-state index in [0.29, 0.717) is 0 Å². The zero-order chi connectivity index (χ0) is 17.4. The third-order valence-electron chi connectivity index (χ3n) is 2.42. The van der Waals surface area contributed by atoms with Crippen LogP contribution in [0, 0.1) is 0 Å². The fraction of sp³-hybridized carbons (Fsp3) is 0.636. The number of rotatable bonds is 10. The van der Waals surface area contributed by atoms with E-state index < -0.39 is 29.8 Å². The van der Waals surface area contributed by atoms with Crippen molar-refractivity contribution in [2.45, 2.75) is 40.0 Å². The summed E-state index contributed by atoms with van der Waals surface area (Å²) in [7, 11) is -13.2. The van der Waals surface area contributed by atoms with Gasteiger partial charge in [-0.3, -0.25) is 9.13 Å². The molecular formula is C11H23O8P3. The Balaban J connectivity index is 4.38. The topological polar surface area (TPSA) is 130 Å². The largest absolute Gasteiger partial charge is 0.486 e. The molecule has 8 nitrogen and oxygen atoms in total. The van der Waals surface area contributed by atoms with Gasteiger partial charge in [-0.2, -0.15) is 0 Å². The Hall–Kier alpha value is -0.0300. The molecule has 11 heteroatoms. The summed E-state index contributed by atoms with van der Waals surface area (Å²) in [4.78, 5) is 26.8. The summed E-state index contributed by atoms with van der Waals surface area (Å²) >= 11 is 0. The van der Waals surface area contributed by atoms with E-state index in [1.165, 1.54) is 5.57 Å². The van der Waals surface area contributed by atoms with Crippen molar-refractivity contribution >= 4 is 23.7 Å². The summed E-state index contributed by atoms with van der Waals surface area (Å²) in [5.41, 5.74) is 2.23. The Morgan fingerprint density at radius 1 is 1.14 bits per heavy atom. The van der Waals surface area contributed by atoms with Crippen molar-refractivity contribution in [1.29, 1.82) is 0 Å². The quantitative estimate of drug-likeness (QED) is 0.388. The van der Waals surface area contributed by atoms with E-state index in [2.05, 4.69) is 14.7 Å². The van der Waals surface area contributed by atoms with E-state index in [1.54, 1.807) is 6.08 Å². The van der Waals surface area contributed by atoms with Gasteiger partial charge in [0, 0.05) is 0 Å². The van der Waals surface area contributed by atoms with Crippen molar-refractivity contribution in [3.8, 4) is 0 Å². The molecule has 0 aliphatic heterocycles. The normalized spacial score (nSPS) is 19.1. The molecule has 0 radical (unpaired) electrons. The standard InChI is InChI=1S/C11H23O8P3/c1-10(2)6-4-7-11(3)8-5-9-21(14,15)19-22(16,17)18-20(12)13/h6,8,20H,4-5,7,9H2,1-3H3,(H,12,13)(H,14,15)(H,16,17). The van der Waals surface area contributed by atoms with Gasteiger partial charge in [-0.15, -0.1) is 0 Å². The molecule has 22 heavy (non-hydrogen) atoms. The summed E-state index contributed by atoms with van der Waals surface area (Å²) in [6.07, 6.45) is 5.26. The zero-order valence-corrected chi connectivity index (χ0v) is 15.5. The lowest BCUT2D eigenvalue weighted by molar-refractivity contribution is 0.263. The third-order valence-corrected chi connectivity index (χ3v) is 6.64. The lowest BCUT2D eigenvalue weighted by Crippen LogP contribution is -1.94. The van der Waals surface area contributed by atoms with Crippen LogP contribution in [0.25, 0.3) is 0 Å². The fourth-order valence-electron chi connectivity index (χ4n) is 1.48. The fourth-order valence-corrected chi connectivity index (χ4v) is 4.78. The maximum absolute atomic E-state index is 11.6. The van der Waals surface area contributed by atoms with Crippen molar-refractivity contribution in [2.75, 3.05) is 6.16 Å². The molecule has 0 rings (SSSR count). The van der Waals surface area contributed by atoms with Crippen LogP contribution in [0.5, 0.6) is 0 Å². The molecule has 0 aromatic heterocycles. The minimum absolute atomic E-state index is 0.169. The molecule has 0 aliphatic rings. The Kier molecular flexibility index (Phi) is 9.95. The van der Waals surface area contributed by atoms with Gasteiger partial charge in [0.15, 0.2) is 0 Å². The molecule has 0 fully saturated rings. The smallest absolute Gasteiger partial charge is 0.326 e. The molecule has 0 amide bonds. The molecule has 130 valence electrons. The first kappa shape index (κ1) is 22.0. The van der Waals surface area contributed by atoms with Gasteiger partial charge in [-0.05, 0) is 40.0 Å². The van der Waals surface area contributed by atoms with Crippen molar-refractivity contribution < 1.29 is 37.0 Å². The molecule has 0 bridgehead atoms. The van der Waals surface area contributed by atoms with E-state index in [1.807, 2.05) is 20.8 Å². The maximum atomic E-state index is 11.6. The first-order valence-corrected chi connectivity index (χ1v) is 11.0. The SMILES string of the molecule is CC(C)=CCCC(C)=CCCP(=O)(O)OP(=O)(O)O[PH](=O)O. The van der Waals surface area contributed by atoms with E-state index >= 15 is 0 Å². The van der Waals surface area contributed by atoms with Gasteiger partial charge in [-0.1, -0.05) is 23.3 Å². The van der Waals surface area contributed by atoms with Crippen LogP contribution < -0.4 is 0 Å². The zero-order valence-electron chi connectivity index (χ0n) is 12.8. The van der Waals surface area contributed by atoms with E-state index in [-0.39, 0.29) is 6.42 Å². The lowest BCUT2D eigenvalue weighted by atomic mass is 10.1. The van der Waals surface area contributed by atoms with Gasteiger partial charge in [0.2, 0.25) is 0 Å². The number of hydrogen-bond acceptors (Lipinski definition) is 5. The van der Waals surface area contributed by atoms with Gasteiger partial charge in [0.05, 0.1) is 6.16 Å². The van der Waals surface area contributed by atoms with E-state index in [4.69, 9.17) is 9.79 Å². The molecule has 0 aromatic rings. The van der Waals surface area contributed by atoms with Crippen LogP contribution >= 0.6 is 23.7 Å². The summed E-state index contributed by atoms with van der Waals surface area (Å²) in [5.74, 6) is 0. The highest BCUT2D eigenvalue weighted by atomic mass is 31.3. The highest BCUT2D eigenvalue weighted by Crippen LogP contribution is 2.62. The second-order valence-electron chi connectivity index (χ2n) is 4.93. The number of hydrogen-bond donors (Lipinski definition) is 3. The molecule has 3 N–H and O–H groups in total. The van der Waals surface area contributed by atoms with Crippen LogP contribution in [0.4, 0.5) is 0 Å². The summed E-state index contributed by atoms with van der Waals surface area (Å²) in [5, 5.41) is 0. The van der Waals surface area contributed by atoms with Crippen molar-refractivity contribution in [3.63, 3.8) is 0 Å². The van der Waals surface area contributed by atoms with Crippen LogP contribution in [0.2, 0.25) is 0 Å². The Morgan fingerprint density at radius 3 is 2.23 bits per heavy atom. The van der Waals surface area contributed by atoms with Gasteiger partial charge in [0.25, 0.3) is 0 Å². The summed E-state index contributed by atoms with van der Waals surface area (Å²) in [6, 6.07) is 0. The van der Waals surface area contributed by atoms with E-state index in [0.717, 1.165) is 18.4 Å². The van der Waals surface area contributed by atoms with Gasteiger partial charge in [0.1, 0.15) is 0 Å². The molecule has 0 aliphatic carbocycles. The predicted molar refractivity (Wildman–Crippen MR) is 84.9 cm³/mol. The van der Waals surface area contributed by atoms with Crippen molar-refractivity contribution in [2.24, 2.45) is 0 Å². The average molecular weight is 376 g/mol. The van der Waals surface area contributed by atoms with Crippen molar-refractivity contribution in [3.05, 3.63) is 23.3 Å². The minimum atomic E-state index is -5.02. The highest BCUT2D eigenvalue weighted by Gasteiger charge is 2.34. The predicted octanol–water partition coefficient (Wildman–Crippen LogP) is 3.77. The molecule has 0 spiro atoms. The maximum Gasteiger partial charge on any atom is 0.486 e. The molecule has 0 aromatic carbocycles. The molecule has 3 atom stereocenters. The number of allylic oxidation sites excluding steroid dienone is 4. The van der Waals surface area contributed by atoms with Crippen LogP contribution in [0.3, 0.4) is 0 Å². The van der Waals surface area contributed by atoms with Gasteiger partial charge >= 0.3 is 23.7 Å².